The van der Waals surface area contributed by atoms with Gasteiger partial charge in [-0.1, -0.05) is 12.1 Å². The number of likely N-dealkylation sites (N-methyl/N-ethyl adjacent to an activating group) is 1. The third-order valence-corrected chi connectivity index (χ3v) is 5.21. The monoisotopic (exact) mass is 452 g/mol. The molecule has 1 fully saturated rings. The lowest BCUT2D eigenvalue weighted by molar-refractivity contribution is -0.274. The van der Waals surface area contributed by atoms with Crippen LogP contribution in [0.15, 0.2) is 48.5 Å². The van der Waals surface area contributed by atoms with Gasteiger partial charge in [-0.2, -0.15) is 0 Å². The zero-order chi connectivity index (χ0) is 23.1. The van der Waals surface area contributed by atoms with E-state index in [1.54, 1.807) is 7.11 Å². The lowest BCUT2D eigenvalue weighted by Gasteiger charge is -2.35. The molecule has 2 aromatic carbocycles. The first kappa shape index (κ1) is 23.7. The van der Waals surface area contributed by atoms with Crippen LogP contribution in [0.5, 0.6) is 11.5 Å². The lowest BCUT2D eigenvalue weighted by atomic mass is 10.1. The fourth-order valence-corrected chi connectivity index (χ4v) is 3.42. The van der Waals surface area contributed by atoms with Crippen LogP contribution < -0.4 is 20.1 Å². The van der Waals surface area contributed by atoms with Crippen molar-refractivity contribution < 1.29 is 27.4 Å². The summed E-state index contributed by atoms with van der Waals surface area (Å²) in [6, 6.07) is 11.7. The van der Waals surface area contributed by atoms with Crippen LogP contribution >= 0.6 is 0 Å². The summed E-state index contributed by atoms with van der Waals surface area (Å²) in [5.41, 5.74) is 1.28. The molecule has 2 N–H and O–H groups in total. The molecule has 32 heavy (non-hydrogen) atoms. The van der Waals surface area contributed by atoms with Gasteiger partial charge in [-0.3, -0.25) is 4.90 Å². The van der Waals surface area contributed by atoms with E-state index in [1.165, 1.54) is 12.1 Å². The quantitative estimate of drug-likeness (QED) is 0.671. The molecule has 0 spiro atoms. The van der Waals surface area contributed by atoms with E-state index in [9.17, 15) is 18.0 Å². The summed E-state index contributed by atoms with van der Waals surface area (Å²) in [5.74, 6) is 0.368. The molecule has 1 heterocycles. The van der Waals surface area contributed by atoms with Crippen LogP contribution in [0.3, 0.4) is 0 Å². The molecular formula is C22H27F3N4O3. The number of benzene rings is 2. The van der Waals surface area contributed by atoms with Gasteiger partial charge < -0.3 is 25.0 Å². The van der Waals surface area contributed by atoms with Crippen LogP contribution in [0.2, 0.25) is 0 Å². The van der Waals surface area contributed by atoms with Gasteiger partial charge in [0.1, 0.15) is 11.5 Å². The van der Waals surface area contributed by atoms with Crippen molar-refractivity contribution in [1.29, 1.82) is 0 Å². The van der Waals surface area contributed by atoms with Gasteiger partial charge in [0, 0.05) is 38.4 Å². The summed E-state index contributed by atoms with van der Waals surface area (Å²) < 4.78 is 46.0. The van der Waals surface area contributed by atoms with Gasteiger partial charge in [0.25, 0.3) is 0 Å². The van der Waals surface area contributed by atoms with E-state index in [1.807, 2.05) is 24.3 Å². The van der Waals surface area contributed by atoms with Crippen LogP contribution in [-0.4, -0.2) is 69.1 Å². The van der Waals surface area contributed by atoms with Crippen molar-refractivity contribution in [3.63, 3.8) is 0 Å². The second-order valence-electron chi connectivity index (χ2n) is 7.60. The average Bonchev–Trinajstić information content (AvgIpc) is 2.75. The first-order valence-corrected chi connectivity index (χ1v) is 10.2. The Labute approximate surface area is 185 Å². The van der Waals surface area contributed by atoms with E-state index in [-0.39, 0.29) is 11.8 Å². The van der Waals surface area contributed by atoms with Crippen molar-refractivity contribution in [2.45, 2.75) is 12.4 Å². The standard InChI is InChI=1S/C22H27F3N4O3/c1-28-11-13-29(14-12-28)15-20(16-3-7-18(31-2)8-4-16)27-21(30)26-17-5-9-19(10-6-17)32-22(23,24)25/h3-10,20H,11-15H2,1-2H3,(H2,26,27,30)/t20-/m0/s1. The molecule has 174 valence electrons. The van der Waals surface area contributed by atoms with Gasteiger partial charge in [-0.15, -0.1) is 13.2 Å². The Morgan fingerprint density at radius 3 is 2.16 bits per heavy atom. The topological polar surface area (TPSA) is 66.1 Å². The molecule has 0 aliphatic carbocycles. The summed E-state index contributed by atoms with van der Waals surface area (Å²) in [6.45, 7) is 4.33. The Balaban J connectivity index is 1.65. The molecule has 1 atom stereocenters. The number of hydrogen-bond donors (Lipinski definition) is 2. The molecule has 0 aromatic heterocycles. The van der Waals surface area contributed by atoms with E-state index >= 15 is 0 Å². The SMILES string of the molecule is COc1ccc([C@H](CN2CCN(C)CC2)NC(=O)Nc2ccc(OC(F)(F)F)cc2)cc1. The average molecular weight is 452 g/mol. The van der Waals surface area contributed by atoms with Crippen LogP contribution in [-0.2, 0) is 0 Å². The van der Waals surface area contributed by atoms with E-state index in [2.05, 4.69) is 32.2 Å². The Hall–Kier alpha value is -2.98. The number of amides is 2. The third kappa shape index (κ3) is 7.31. The number of nitrogens with one attached hydrogen (secondary N) is 2. The number of hydrogen-bond acceptors (Lipinski definition) is 5. The molecule has 0 saturated carbocycles. The maximum absolute atomic E-state index is 12.6. The molecule has 0 bridgehead atoms. The van der Waals surface area contributed by atoms with Gasteiger partial charge in [0.15, 0.2) is 0 Å². The van der Waals surface area contributed by atoms with Crippen molar-refractivity contribution in [3.05, 3.63) is 54.1 Å². The Morgan fingerprint density at radius 2 is 1.59 bits per heavy atom. The highest BCUT2D eigenvalue weighted by Gasteiger charge is 2.31. The van der Waals surface area contributed by atoms with Crippen molar-refractivity contribution in [1.82, 2.24) is 15.1 Å². The Morgan fingerprint density at radius 1 is 1.00 bits per heavy atom. The smallest absolute Gasteiger partial charge is 0.497 e. The molecule has 0 radical (unpaired) electrons. The molecule has 7 nitrogen and oxygen atoms in total. The number of urea groups is 1. The normalized spacial score (nSPS) is 16.3. The van der Waals surface area contributed by atoms with E-state index in [0.29, 0.717) is 12.2 Å². The number of alkyl halides is 3. The highest BCUT2D eigenvalue weighted by Crippen LogP contribution is 2.24. The van der Waals surface area contributed by atoms with Crippen LogP contribution in [0, 0.1) is 0 Å². The summed E-state index contributed by atoms with van der Waals surface area (Å²) in [4.78, 5) is 17.2. The molecule has 2 aromatic rings. The van der Waals surface area contributed by atoms with Crippen molar-refractivity contribution in [3.8, 4) is 11.5 Å². The number of carbonyl (C=O) groups excluding carboxylic acids is 1. The fraction of sp³-hybridized carbons (Fsp3) is 0.409. The fourth-order valence-electron chi connectivity index (χ4n) is 3.42. The van der Waals surface area contributed by atoms with E-state index < -0.39 is 12.4 Å². The highest BCUT2D eigenvalue weighted by molar-refractivity contribution is 5.89. The molecule has 2 amide bonds. The number of anilines is 1. The molecule has 1 saturated heterocycles. The molecule has 3 rings (SSSR count). The number of methoxy groups -OCH3 is 1. The summed E-state index contributed by atoms with van der Waals surface area (Å²) >= 11 is 0. The van der Waals surface area contributed by atoms with E-state index in [0.717, 1.165) is 49.6 Å². The lowest BCUT2D eigenvalue weighted by Crippen LogP contribution is -2.48. The van der Waals surface area contributed by atoms with Crippen molar-refractivity contribution >= 4 is 11.7 Å². The van der Waals surface area contributed by atoms with Gasteiger partial charge in [-0.25, -0.2) is 4.79 Å². The summed E-state index contributed by atoms with van der Waals surface area (Å²) in [6.07, 6.45) is -4.76. The van der Waals surface area contributed by atoms with Crippen molar-refractivity contribution in [2.75, 3.05) is 52.2 Å². The third-order valence-electron chi connectivity index (χ3n) is 5.21. The van der Waals surface area contributed by atoms with Crippen LogP contribution in [0.4, 0.5) is 23.7 Å². The predicted molar refractivity (Wildman–Crippen MR) is 115 cm³/mol. The zero-order valence-electron chi connectivity index (χ0n) is 18.0. The zero-order valence-corrected chi connectivity index (χ0v) is 18.0. The number of ether oxygens (including phenoxy) is 2. The maximum atomic E-state index is 12.6. The van der Waals surface area contributed by atoms with Crippen LogP contribution in [0.1, 0.15) is 11.6 Å². The minimum atomic E-state index is -4.76. The Kier molecular flexibility index (Phi) is 7.81. The largest absolute Gasteiger partial charge is 0.573 e. The van der Waals surface area contributed by atoms with Crippen LogP contribution in [0.25, 0.3) is 0 Å². The Bertz CT molecular complexity index is 867. The number of piperazine rings is 1. The molecular weight excluding hydrogens is 425 g/mol. The van der Waals surface area contributed by atoms with Gasteiger partial charge in [0.2, 0.25) is 0 Å². The van der Waals surface area contributed by atoms with Gasteiger partial charge >= 0.3 is 12.4 Å². The molecule has 10 heteroatoms. The number of rotatable bonds is 7. The van der Waals surface area contributed by atoms with Crippen molar-refractivity contribution in [2.24, 2.45) is 0 Å². The predicted octanol–water partition coefficient (Wildman–Crippen LogP) is 3.70. The highest BCUT2D eigenvalue weighted by atomic mass is 19.4. The molecule has 0 unspecified atom stereocenters. The second kappa shape index (κ2) is 10.6. The minimum absolute atomic E-state index is 0.280. The van der Waals surface area contributed by atoms with E-state index in [4.69, 9.17) is 4.74 Å². The summed E-state index contributed by atoms with van der Waals surface area (Å²) in [5, 5.41) is 5.63. The second-order valence-corrected chi connectivity index (χ2v) is 7.60. The number of carbonyl (C=O) groups is 1. The first-order chi connectivity index (χ1) is 15.2. The molecule has 1 aliphatic rings. The maximum Gasteiger partial charge on any atom is 0.573 e. The van der Waals surface area contributed by atoms with Gasteiger partial charge in [0.05, 0.1) is 13.2 Å². The number of nitrogens with zero attached hydrogens (tertiary/aromatic N) is 2. The van der Waals surface area contributed by atoms with Gasteiger partial charge in [-0.05, 0) is 49.0 Å². The number of halogens is 3. The molecule has 1 aliphatic heterocycles. The summed E-state index contributed by atoms with van der Waals surface area (Å²) in [7, 11) is 3.67. The minimum Gasteiger partial charge on any atom is -0.497 e. The first-order valence-electron chi connectivity index (χ1n) is 10.2.